The summed E-state index contributed by atoms with van der Waals surface area (Å²) in [6.07, 6.45) is 3.61. The fourth-order valence-electron chi connectivity index (χ4n) is 3.89. The summed E-state index contributed by atoms with van der Waals surface area (Å²) in [5, 5.41) is 2.96. The van der Waals surface area contributed by atoms with Gasteiger partial charge in [0.15, 0.2) is 5.82 Å². The zero-order valence-electron chi connectivity index (χ0n) is 19.4. The quantitative estimate of drug-likeness (QED) is 0.629. The molecule has 1 aromatic carbocycles. The topological polar surface area (TPSA) is 91.3 Å². The summed E-state index contributed by atoms with van der Waals surface area (Å²) in [6, 6.07) is 11.5. The molecule has 8 heteroatoms. The van der Waals surface area contributed by atoms with Gasteiger partial charge in [0.1, 0.15) is 5.82 Å². The number of aryl methyl sites for hydroxylation is 1. The van der Waals surface area contributed by atoms with Gasteiger partial charge in [-0.1, -0.05) is 12.1 Å². The Morgan fingerprint density at radius 1 is 1.18 bits per heavy atom. The van der Waals surface area contributed by atoms with Crippen LogP contribution in [-0.4, -0.2) is 47.4 Å². The van der Waals surface area contributed by atoms with Crippen LogP contribution in [0.4, 0.5) is 11.5 Å². The molecular weight excluding hydrogens is 416 g/mol. The molecule has 3 heterocycles. The van der Waals surface area contributed by atoms with Crippen molar-refractivity contribution in [3.8, 4) is 11.4 Å². The fraction of sp³-hybridized carbons (Fsp3) is 0.320. The van der Waals surface area contributed by atoms with E-state index < -0.39 is 5.92 Å². The number of nitrogens with zero attached hydrogens (tertiary/aromatic N) is 5. The van der Waals surface area contributed by atoms with Crippen molar-refractivity contribution in [2.45, 2.75) is 26.8 Å². The van der Waals surface area contributed by atoms with Crippen molar-refractivity contribution in [2.24, 2.45) is 5.92 Å². The van der Waals surface area contributed by atoms with Gasteiger partial charge in [0.2, 0.25) is 11.8 Å². The first-order valence-corrected chi connectivity index (χ1v) is 10.9. The number of rotatable bonds is 6. The van der Waals surface area contributed by atoms with Gasteiger partial charge in [-0.15, -0.1) is 0 Å². The van der Waals surface area contributed by atoms with E-state index >= 15 is 0 Å². The van der Waals surface area contributed by atoms with Crippen molar-refractivity contribution < 1.29 is 9.59 Å². The second-order valence-electron chi connectivity index (χ2n) is 8.52. The maximum Gasteiger partial charge on any atom is 0.227 e. The molecule has 0 radical (unpaired) electrons. The normalized spacial score (nSPS) is 15.6. The van der Waals surface area contributed by atoms with Gasteiger partial charge in [-0.2, -0.15) is 0 Å². The Kier molecular flexibility index (Phi) is 6.35. The number of aromatic nitrogens is 3. The summed E-state index contributed by atoms with van der Waals surface area (Å²) >= 11 is 0. The van der Waals surface area contributed by atoms with E-state index in [0.717, 1.165) is 28.2 Å². The molecule has 1 fully saturated rings. The van der Waals surface area contributed by atoms with Crippen LogP contribution in [0.15, 0.2) is 48.8 Å². The standard InChI is InChI=1S/C25H28N6O2/c1-16-7-5-9-21(17(16)2)31-15-19(11-23(31)32)25(33)27-14-20-12-22(30(3)4)29-24(28-20)18-8-6-10-26-13-18/h5-10,12-13,19H,11,14-15H2,1-4H3,(H,27,33)/t19-/m0/s1. The summed E-state index contributed by atoms with van der Waals surface area (Å²) in [5.74, 6) is 0.718. The SMILES string of the molecule is Cc1cccc(N2C[C@@H](C(=O)NCc3cc(N(C)C)nc(-c4cccnc4)n3)CC2=O)c1C. The average Bonchev–Trinajstić information content (AvgIpc) is 3.21. The third-order valence-electron chi connectivity index (χ3n) is 5.95. The Bertz CT molecular complexity index is 1180. The molecule has 8 nitrogen and oxygen atoms in total. The first kappa shape index (κ1) is 22.4. The van der Waals surface area contributed by atoms with Crippen LogP contribution in [0.5, 0.6) is 0 Å². The smallest absolute Gasteiger partial charge is 0.227 e. The Morgan fingerprint density at radius 3 is 2.73 bits per heavy atom. The van der Waals surface area contributed by atoms with Crippen LogP contribution in [-0.2, 0) is 16.1 Å². The van der Waals surface area contributed by atoms with Gasteiger partial charge in [0.05, 0.1) is 18.2 Å². The minimum absolute atomic E-state index is 0.0281. The minimum atomic E-state index is -0.398. The van der Waals surface area contributed by atoms with Gasteiger partial charge in [0.25, 0.3) is 0 Å². The molecule has 3 aromatic rings. The van der Waals surface area contributed by atoms with Crippen molar-refractivity contribution in [3.05, 3.63) is 65.6 Å². The van der Waals surface area contributed by atoms with Crippen molar-refractivity contribution in [1.29, 1.82) is 0 Å². The number of carbonyl (C=O) groups excluding carboxylic acids is 2. The second kappa shape index (κ2) is 9.36. The highest BCUT2D eigenvalue weighted by atomic mass is 16.2. The first-order chi connectivity index (χ1) is 15.8. The maximum absolute atomic E-state index is 12.9. The number of amides is 2. The number of benzene rings is 1. The van der Waals surface area contributed by atoms with Crippen LogP contribution in [0.25, 0.3) is 11.4 Å². The maximum atomic E-state index is 12.9. The van der Waals surface area contributed by atoms with Crippen LogP contribution in [0.3, 0.4) is 0 Å². The molecule has 0 saturated carbocycles. The van der Waals surface area contributed by atoms with Gasteiger partial charge in [0, 0.05) is 56.8 Å². The van der Waals surface area contributed by atoms with Gasteiger partial charge in [-0.05, 0) is 43.2 Å². The lowest BCUT2D eigenvalue weighted by Crippen LogP contribution is -2.33. The number of pyridine rings is 1. The van der Waals surface area contributed by atoms with E-state index in [4.69, 9.17) is 0 Å². The molecule has 0 aliphatic carbocycles. The zero-order chi connectivity index (χ0) is 23.5. The van der Waals surface area contributed by atoms with Crippen molar-refractivity contribution in [1.82, 2.24) is 20.3 Å². The number of carbonyl (C=O) groups is 2. The molecule has 0 spiro atoms. The monoisotopic (exact) mass is 444 g/mol. The van der Waals surface area contributed by atoms with Gasteiger partial charge >= 0.3 is 0 Å². The van der Waals surface area contributed by atoms with Crippen LogP contribution in [0, 0.1) is 19.8 Å². The van der Waals surface area contributed by atoms with Crippen LogP contribution < -0.4 is 15.1 Å². The molecule has 4 rings (SSSR count). The van der Waals surface area contributed by atoms with E-state index in [1.807, 2.05) is 69.2 Å². The van der Waals surface area contributed by atoms with E-state index in [1.54, 1.807) is 17.3 Å². The largest absolute Gasteiger partial charge is 0.363 e. The fourth-order valence-corrected chi connectivity index (χ4v) is 3.89. The molecular formula is C25H28N6O2. The lowest BCUT2D eigenvalue weighted by atomic mass is 10.1. The lowest BCUT2D eigenvalue weighted by Gasteiger charge is -2.20. The molecule has 170 valence electrons. The molecule has 33 heavy (non-hydrogen) atoms. The summed E-state index contributed by atoms with van der Waals surface area (Å²) in [5.41, 5.74) is 4.56. The Morgan fingerprint density at radius 2 is 2.00 bits per heavy atom. The molecule has 2 aromatic heterocycles. The first-order valence-electron chi connectivity index (χ1n) is 10.9. The second-order valence-corrected chi connectivity index (χ2v) is 8.52. The number of hydrogen-bond acceptors (Lipinski definition) is 6. The molecule has 2 amide bonds. The van der Waals surface area contributed by atoms with Crippen LogP contribution in [0.1, 0.15) is 23.2 Å². The highest BCUT2D eigenvalue weighted by Gasteiger charge is 2.35. The number of anilines is 2. The van der Waals surface area contributed by atoms with Crippen molar-refractivity contribution in [2.75, 3.05) is 30.4 Å². The summed E-state index contributed by atoms with van der Waals surface area (Å²) in [4.78, 5) is 42.5. The molecule has 0 unspecified atom stereocenters. The Balaban J connectivity index is 1.47. The predicted octanol–water partition coefficient (Wildman–Crippen LogP) is 2.89. The molecule has 1 atom stereocenters. The molecule has 0 bridgehead atoms. The summed E-state index contributed by atoms with van der Waals surface area (Å²) < 4.78 is 0. The van der Waals surface area contributed by atoms with Crippen molar-refractivity contribution >= 4 is 23.3 Å². The van der Waals surface area contributed by atoms with Crippen LogP contribution in [0.2, 0.25) is 0 Å². The number of nitrogens with one attached hydrogen (secondary N) is 1. The van der Waals surface area contributed by atoms with Gasteiger partial charge in [-0.3, -0.25) is 14.6 Å². The molecule has 1 N–H and O–H groups in total. The van der Waals surface area contributed by atoms with E-state index in [2.05, 4.69) is 20.3 Å². The minimum Gasteiger partial charge on any atom is -0.363 e. The molecule has 1 saturated heterocycles. The van der Waals surface area contributed by atoms with Crippen molar-refractivity contribution in [3.63, 3.8) is 0 Å². The third-order valence-corrected chi connectivity index (χ3v) is 5.95. The van der Waals surface area contributed by atoms with Gasteiger partial charge < -0.3 is 15.1 Å². The third kappa shape index (κ3) is 4.84. The number of hydrogen-bond donors (Lipinski definition) is 1. The average molecular weight is 445 g/mol. The van der Waals surface area contributed by atoms with Crippen LogP contribution >= 0.6 is 0 Å². The van der Waals surface area contributed by atoms with Gasteiger partial charge in [-0.25, -0.2) is 9.97 Å². The molecule has 1 aliphatic heterocycles. The predicted molar refractivity (Wildman–Crippen MR) is 128 cm³/mol. The highest BCUT2D eigenvalue weighted by Crippen LogP contribution is 2.29. The Labute approximate surface area is 193 Å². The van der Waals surface area contributed by atoms with E-state index in [-0.39, 0.29) is 24.8 Å². The van der Waals surface area contributed by atoms with E-state index in [9.17, 15) is 9.59 Å². The molecule has 1 aliphatic rings. The zero-order valence-corrected chi connectivity index (χ0v) is 19.4. The van der Waals surface area contributed by atoms with E-state index in [0.29, 0.717) is 18.1 Å². The van der Waals surface area contributed by atoms with E-state index in [1.165, 1.54) is 0 Å². The Hall–Kier alpha value is -3.81. The summed E-state index contributed by atoms with van der Waals surface area (Å²) in [6.45, 7) is 4.65. The highest BCUT2D eigenvalue weighted by molar-refractivity contribution is 6.00. The lowest BCUT2D eigenvalue weighted by molar-refractivity contribution is -0.126. The summed E-state index contributed by atoms with van der Waals surface area (Å²) in [7, 11) is 3.81.